The highest BCUT2D eigenvalue weighted by Crippen LogP contribution is 2.29. The average Bonchev–Trinajstić information content (AvgIpc) is 3.22. The molecule has 2 saturated heterocycles. The average molecular weight is 322 g/mol. The molecule has 0 saturated carbocycles. The lowest BCUT2D eigenvalue weighted by atomic mass is 10.0. The third-order valence-corrected chi connectivity index (χ3v) is 5.03. The van der Waals surface area contributed by atoms with Gasteiger partial charge >= 0.3 is 0 Å². The molecule has 0 bridgehead atoms. The number of hydrogen-bond acceptors (Lipinski definition) is 3. The molecule has 0 aromatic heterocycles. The lowest BCUT2D eigenvalue weighted by molar-refractivity contribution is 0.0777. The molecule has 2 fully saturated rings. The van der Waals surface area contributed by atoms with Crippen molar-refractivity contribution in [2.45, 2.75) is 6.61 Å². The van der Waals surface area contributed by atoms with Crippen LogP contribution in [0.2, 0.25) is 0 Å². The zero-order valence-corrected chi connectivity index (χ0v) is 13.7. The minimum atomic E-state index is 0.0908. The maximum atomic E-state index is 12.9. The first kappa shape index (κ1) is 15.2. The van der Waals surface area contributed by atoms with Crippen LogP contribution in [-0.4, -0.2) is 37.0 Å². The molecule has 0 spiro atoms. The van der Waals surface area contributed by atoms with Gasteiger partial charge in [-0.3, -0.25) is 4.79 Å². The van der Waals surface area contributed by atoms with Crippen molar-refractivity contribution in [2.24, 2.45) is 11.8 Å². The maximum absolute atomic E-state index is 12.9. The second kappa shape index (κ2) is 6.65. The van der Waals surface area contributed by atoms with Crippen LogP contribution in [0.1, 0.15) is 15.9 Å². The van der Waals surface area contributed by atoms with E-state index in [4.69, 9.17) is 4.74 Å². The maximum Gasteiger partial charge on any atom is 0.257 e. The number of likely N-dealkylation sites (tertiary alicyclic amines) is 1. The van der Waals surface area contributed by atoms with Crippen LogP contribution in [0.4, 0.5) is 0 Å². The molecular formula is C20H22N2O2. The molecule has 1 amide bonds. The lowest BCUT2D eigenvalue weighted by Crippen LogP contribution is -2.32. The number of carbonyl (C=O) groups excluding carboxylic acids is 1. The Morgan fingerprint density at radius 1 is 1.00 bits per heavy atom. The van der Waals surface area contributed by atoms with Crippen LogP contribution >= 0.6 is 0 Å². The van der Waals surface area contributed by atoms with E-state index in [-0.39, 0.29) is 5.91 Å². The Balaban J connectivity index is 1.48. The summed E-state index contributed by atoms with van der Waals surface area (Å²) in [5, 5.41) is 3.41. The molecule has 2 aliphatic rings. The van der Waals surface area contributed by atoms with E-state index in [1.807, 2.05) is 59.5 Å². The van der Waals surface area contributed by atoms with E-state index in [0.29, 0.717) is 29.8 Å². The molecule has 124 valence electrons. The Labute approximate surface area is 142 Å². The highest BCUT2D eigenvalue weighted by atomic mass is 16.5. The van der Waals surface area contributed by atoms with E-state index < -0.39 is 0 Å². The molecular weight excluding hydrogens is 300 g/mol. The zero-order valence-electron chi connectivity index (χ0n) is 13.7. The van der Waals surface area contributed by atoms with Crippen molar-refractivity contribution in [1.29, 1.82) is 0 Å². The van der Waals surface area contributed by atoms with Gasteiger partial charge in [0.2, 0.25) is 0 Å². The van der Waals surface area contributed by atoms with E-state index in [1.54, 1.807) is 0 Å². The van der Waals surface area contributed by atoms with Gasteiger partial charge in [0, 0.05) is 26.2 Å². The number of nitrogens with one attached hydrogen (secondary N) is 1. The van der Waals surface area contributed by atoms with Gasteiger partial charge in [0.05, 0.1) is 5.56 Å². The molecule has 2 aliphatic heterocycles. The van der Waals surface area contributed by atoms with Gasteiger partial charge in [0.25, 0.3) is 5.91 Å². The molecule has 4 rings (SSSR count). The molecule has 2 atom stereocenters. The van der Waals surface area contributed by atoms with Gasteiger partial charge in [-0.1, -0.05) is 42.5 Å². The van der Waals surface area contributed by atoms with Gasteiger partial charge < -0.3 is 15.0 Å². The summed E-state index contributed by atoms with van der Waals surface area (Å²) in [6.45, 7) is 4.23. The number of fused-ring (bicyclic) bond motifs is 1. The van der Waals surface area contributed by atoms with Crippen LogP contribution in [0.25, 0.3) is 0 Å². The summed E-state index contributed by atoms with van der Waals surface area (Å²) in [6.07, 6.45) is 0. The Morgan fingerprint density at radius 2 is 1.67 bits per heavy atom. The second-order valence-electron chi connectivity index (χ2n) is 6.66. The van der Waals surface area contributed by atoms with Crippen LogP contribution in [0.5, 0.6) is 5.75 Å². The topological polar surface area (TPSA) is 41.6 Å². The molecule has 2 aromatic carbocycles. The molecule has 4 nitrogen and oxygen atoms in total. The van der Waals surface area contributed by atoms with Crippen LogP contribution < -0.4 is 10.1 Å². The fraction of sp³-hybridized carbons (Fsp3) is 0.350. The third kappa shape index (κ3) is 3.02. The van der Waals surface area contributed by atoms with E-state index >= 15 is 0 Å². The summed E-state index contributed by atoms with van der Waals surface area (Å²) in [5.41, 5.74) is 1.77. The van der Waals surface area contributed by atoms with Crippen molar-refractivity contribution in [3.63, 3.8) is 0 Å². The first-order valence-corrected chi connectivity index (χ1v) is 8.57. The van der Waals surface area contributed by atoms with E-state index in [2.05, 4.69) is 5.32 Å². The highest BCUT2D eigenvalue weighted by Gasteiger charge is 2.38. The number of amides is 1. The molecule has 0 unspecified atom stereocenters. The molecule has 24 heavy (non-hydrogen) atoms. The molecule has 2 aromatic rings. The quantitative estimate of drug-likeness (QED) is 0.940. The van der Waals surface area contributed by atoms with E-state index in [9.17, 15) is 4.79 Å². The predicted molar refractivity (Wildman–Crippen MR) is 93.0 cm³/mol. The van der Waals surface area contributed by atoms with E-state index in [1.165, 1.54) is 0 Å². The summed E-state index contributed by atoms with van der Waals surface area (Å²) >= 11 is 0. The first-order chi connectivity index (χ1) is 11.8. The van der Waals surface area contributed by atoms with Gasteiger partial charge in [-0.2, -0.15) is 0 Å². The Bertz CT molecular complexity index is 705. The Morgan fingerprint density at radius 3 is 2.42 bits per heavy atom. The largest absolute Gasteiger partial charge is 0.488 e. The van der Waals surface area contributed by atoms with Crippen molar-refractivity contribution >= 4 is 5.91 Å². The van der Waals surface area contributed by atoms with Crippen molar-refractivity contribution in [1.82, 2.24) is 10.2 Å². The molecule has 2 heterocycles. The summed E-state index contributed by atoms with van der Waals surface area (Å²) < 4.78 is 5.94. The van der Waals surface area contributed by atoms with Crippen LogP contribution in [0, 0.1) is 11.8 Å². The summed E-state index contributed by atoms with van der Waals surface area (Å²) in [4.78, 5) is 14.9. The molecule has 0 aliphatic carbocycles. The number of carbonyl (C=O) groups is 1. The van der Waals surface area contributed by atoms with Gasteiger partial charge in [-0.05, 0) is 29.5 Å². The normalized spacial score (nSPS) is 22.4. The summed E-state index contributed by atoms with van der Waals surface area (Å²) in [7, 11) is 0. The Kier molecular flexibility index (Phi) is 4.22. The van der Waals surface area contributed by atoms with Crippen molar-refractivity contribution in [3.05, 3.63) is 65.7 Å². The van der Waals surface area contributed by atoms with Crippen LogP contribution in [0.3, 0.4) is 0 Å². The second-order valence-corrected chi connectivity index (χ2v) is 6.66. The molecule has 1 N–H and O–H groups in total. The van der Waals surface area contributed by atoms with Crippen LogP contribution in [0.15, 0.2) is 54.6 Å². The van der Waals surface area contributed by atoms with Crippen molar-refractivity contribution in [2.75, 3.05) is 26.2 Å². The number of benzene rings is 2. The number of ether oxygens (including phenoxy) is 1. The zero-order chi connectivity index (χ0) is 16.4. The SMILES string of the molecule is O=C(c1ccccc1OCc1ccccc1)N1C[C@H]2CNC[C@H]2C1. The first-order valence-electron chi connectivity index (χ1n) is 8.57. The number of nitrogens with zero attached hydrogens (tertiary/aromatic N) is 1. The molecule has 0 radical (unpaired) electrons. The van der Waals surface area contributed by atoms with Crippen molar-refractivity contribution in [3.8, 4) is 5.75 Å². The third-order valence-electron chi connectivity index (χ3n) is 5.03. The van der Waals surface area contributed by atoms with Gasteiger partial charge in [0.1, 0.15) is 12.4 Å². The van der Waals surface area contributed by atoms with Crippen molar-refractivity contribution < 1.29 is 9.53 Å². The number of rotatable bonds is 4. The van der Waals surface area contributed by atoms with Gasteiger partial charge in [-0.15, -0.1) is 0 Å². The Hall–Kier alpha value is -2.33. The van der Waals surface area contributed by atoms with Gasteiger partial charge in [-0.25, -0.2) is 0 Å². The minimum Gasteiger partial charge on any atom is -0.488 e. The standard InChI is InChI=1S/C20H22N2O2/c23-20(22-12-16-10-21-11-17(16)13-22)18-8-4-5-9-19(18)24-14-15-6-2-1-3-7-15/h1-9,16-17,21H,10-14H2/t16-,17+. The minimum absolute atomic E-state index is 0.0908. The monoisotopic (exact) mass is 322 g/mol. The predicted octanol–water partition coefficient (Wildman–Crippen LogP) is 2.56. The van der Waals surface area contributed by atoms with Crippen LogP contribution in [-0.2, 0) is 6.61 Å². The fourth-order valence-corrected chi connectivity index (χ4v) is 3.70. The lowest BCUT2D eigenvalue weighted by Gasteiger charge is -2.19. The number of para-hydroxylation sites is 1. The van der Waals surface area contributed by atoms with E-state index in [0.717, 1.165) is 31.7 Å². The molecule has 4 heteroatoms. The summed E-state index contributed by atoms with van der Waals surface area (Å²) in [5.74, 6) is 1.97. The fourth-order valence-electron chi connectivity index (χ4n) is 3.70. The summed E-state index contributed by atoms with van der Waals surface area (Å²) in [6, 6.07) is 17.6. The van der Waals surface area contributed by atoms with Gasteiger partial charge in [0.15, 0.2) is 0 Å². The number of hydrogen-bond donors (Lipinski definition) is 1. The smallest absolute Gasteiger partial charge is 0.257 e. The highest BCUT2D eigenvalue weighted by molar-refractivity contribution is 5.97.